The highest BCUT2D eigenvalue weighted by Gasteiger charge is 2.28. The van der Waals surface area contributed by atoms with Crippen LogP contribution >= 0.6 is 0 Å². The SMILES string of the molecule is CCCN(CC(=O)Nc1ccc(C)c(C)c1)C1CCN(C(=O)c2ccccc2)CC1. The number of piperidine rings is 1. The zero-order chi connectivity index (χ0) is 21.5. The van der Waals surface area contributed by atoms with E-state index in [9.17, 15) is 9.59 Å². The molecule has 0 unspecified atom stereocenters. The van der Waals surface area contributed by atoms with Crippen molar-refractivity contribution in [3.05, 3.63) is 65.2 Å². The molecule has 0 radical (unpaired) electrons. The van der Waals surface area contributed by atoms with Gasteiger partial charge < -0.3 is 10.2 Å². The molecule has 0 saturated carbocycles. The van der Waals surface area contributed by atoms with Crippen molar-refractivity contribution in [1.82, 2.24) is 9.80 Å². The molecular weight excluding hydrogens is 374 g/mol. The normalized spacial score (nSPS) is 14.7. The predicted octanol–water partition coefficient (Wildman–Crippen LogP) is 4.26. The number of aryl methyl sites for hydroxylation is 2. The van der Waals surface area contributed by atoms with Crippen LogP contribution in [0.3, 0.4) is 0 Å². The molecule has 1 saturated heterocycles. The summed E-state index contributed by atoms with van der Waals surface area (Å²) in [5.41, 5.74) is 3.99. The summed E-state index contributed by atoms with van der Waals surface area (Å²) in [6, 6.07) is 15.8. The highest BCUT2D eigenvalue weighted by Crippen LogP contribution is 2.20. The van der Waals surface area contributed by atoms with E-state index in [0.717, 1.165) is 50.1 Å². The summed E-state index contributed by atoms with van der Waals surface area (Å²) in [5.74, 6) is 0.123. The Morgan fingerprint density at radius 2 is 1.73 bits per heavy atom. The minimum atomic E-state index is 0.0227. The first kappa shape index (κ1) is 22.0. The molecule has 0 atom stereocenters. The summed E-state index contributed by atoms with van der Waals surface area (Å²) in [6.07, 6.45) is 2.80. The standard InChI is InChI=1S/C25H33N3O2/c1-4-14-28(18-24(29)26-22-11-10-19(2)20(3)17-22)23-12-15-27(16-13-23)25(30)21-8-6-5-7-9-21/h5-11,17,23H,4,12-16,18H2,1-3H3,(H,26,29). The number of nitrogens with one attached hydrogen (secondary N) is 1. The Bertz CT molecular complexity index is 858. The monoisotopic (exact) mass is 407 g/mol. The molecule has 0 bridgehead atoms. The molecule has 1 fully saturated rings. The molecule has 2 amide bonds. The van der Waals surface area contributed by atoms with Crippen molar-refractivity contribution in [3.8, 4) is 0 Å². The number of benzene rings is 2. The van der Waals surface area contributed by atoms with Crippen molar-refractivity contribution in [2.24, 2.45) is 0 Å². The minimum Gasteiger partial charge on any atom is -0.339 e. The first-order valence-corrected chi connectivity index (χ1v) is 10.9. The van der Waals surface area contributed by atoms with E-state index in [1.54, 1.807) is 0 Å². The lowest BCUT2D eigenvalue weighted by Gasteiger charge is -2.38. The van der Waals surface area contributed by atoms with Crippen LogP contribution < -0.4 is 5.32 Å². The van der Waals surface area contributed by atoms with Crippen LogP contribution in [0, 0.1) is 13.8 Å². The Morgan fingerprint density at radius 1 is 1.03 bits per heavy atom. The highest BCUT2D eigenvalue weighted by atomic mass is 16.2. The van der Waals surface area contributed by atoms with Gasteiger partial charge in [-0.1, -0.05) is 31.2 Å². The van der Waals surface area contributed by atoms with E-state index >= 15 is 0 Å². The van der Waals surface area contributed by atoms with Gasteiger partial charge in [0.2, 0.25) is 5.91 Å². The minimum absolute atomic E-state index is 0.0227. The van der Waals surface area contributed by atoms with Crippen LogP contribution in [0.4, 0.5) is 5.69 Å². The molecule has 1 aliphatic heterocycles. The van der Waals surface area contributed by atoms with Gasteiger partial charge in [-0.05, 0) is 75.0 Å². The van der Waals surface area contributed by atoms with Crippen LogP contribution in [0.15, 0.2) is 48.5 Å². The van der Waals surface area contributed by atoms with Crippen molar-refractivity contribution in [1.29, 1.82) is 0 Å². The third-order valence-corrected chi connectivity index (χ3v) is 5.94. The number of likely N-dealkylation sites (tertiary alicyclic amines) is 1. The Morgan fingerprint density at radius 3 is 2.37 bits per heavy atom. The van der Waals surface area contributed by atoms with Crippen LogP contribution in [0.5, 0.6) is 0 Å². The number of carbonyl (C=O) groups excluding carboxylic acids is 2. The molecule has 1 heterocycles. The van der Waals surface area contributed by atoms with E-state index in [1.807, 2.05) is 53.4 Å². The van der Waals surface area contributed by atoms with E-state index in [4.69, 9.17) is 0 Å². The maximum absolute atomic E-state index is 12.7. The van der Waals surface area contributed by atoms with Crippen molar-refractivity contribution in [2.75, 3.05) is 31.5 Å². The summed E-state index contributed by atoms with van der Waals surface area (Å²) in [5, 5.41) is 3.04. The summed E-state index contributed by atoms with van der Waals surface area (Å²) >= 11 is 0. The number of anilines is 1. The largest absolute Gasteiger partial charge is 0.339 e. The van der Waals surface area contributed by atoms with Crippen molar-refractivity contribution < 1.29 is 9.59 Å². The second-order valence-corrected chi connectivity index (χ2v) is 8.21. The van der Waals surface area contributed by atoms with Crippen molar-refractivity contribution in [3.63, 3.8) is 0 Å². The zero-order valence-electron chi connectivity index (χ0n) is 18.4. The number of amides is 2. The fraction of sp³-hybridized carbons (Fsp3) is 0.440. The molecule has 0 spiro atoms. The topological polar surface area (TPSA) is 52.7 Å². The molecule has 30 heavy (non-hydrogen) atoms. The van der Waals surface area contributed by atoms with Gasteiger partial charge in [0.1, 0.15) is 0 Å². The maximum atomic E-state index is 12.7. The van der Waals surface area contributed by atoms with Crippen LogP contribution in [0.2, 0.25) is 0 Å². The molecule has 5 nitrogen and oxygen atoms in total. The fourth-order valence-corrected chi connectivity index (χ4v) is 4.08. The van der Waals surface area contributed by atoms with Crippen LogP contribution in [-0.4, -0.2) is 53.8 Å². The molecule has 1 N–H and O–H groups in total. The first-order valence-electron chi connectivity index (χ1n) is 10.9. The van der Waals surface area contributed by atoms with E-state index in [-0.39, 0.29) is 11.8 Å². The smallest absolute Gasteiger partial charge is 0.253 e. The average molecular weight is 408 g/mol. The average Bonchev–Trinajstić information content (AvgIpc) is 2.76. The zero-order valence-corrected chi connectivity index (χ0v) is 18.4. The van der Waals surface area contributed by atoms with Gasteiger partial charge in [-0.25, -0.2) is 0 Å². The van der Waals surface area contributed by atoms with Gasteiger partial charge in [0.05, 0.1) is 6.54 Å². The van der Waals surface area contributed by atoms with Crippen LogP contribution in [0.1, 0.15) is 47.7 Å². The van der Waals surface area contributed by atoms with Crippen LogP contribution in [0.25, 0.3) is 0 Å². The Labute approximate surface area is 180 Å². The van der Waals surface area contributed by atoms with Gasteiger partial charge in [-0.15, -0.1) is 0 Å². The third-order valence-electron chi connectivity index (χ3n) is 5.94. The molecule has 0 aromatic heterocycles. The van der Waals surface area contributed by atoms with Gasteiger partial charge in [0, 0.05) is 30.4 Å². The van der Waals surface area contributed by atoms with Gasteiger partial charge in [0.25, 0.3) is 5.91 Å². The summed E-state index contributed by atoms with van der Waals surface area (Å²) in [4.78, 5) is 29.6. The van der Waals surface area contributed by atoms with E-state index in [2.05, 4.69) is 31.0 Å². The molecule has 0 aliphatic carbocycles. The highest BCUT2D eigenvalue weighted by molar-refractivity contribution is 5.94. The second-order valence-electron chi connectivity index (χ2n) is 8.21. The molecule has 160 valence electrons. The van der Waals surface area contributed by atoms with Gasteiger partial charge in [-0.2, -0.15) is 0 Å². The molecule has 1 aliphatic rings. The van der Waals surface area contributed by atoms with Gasteiger partial charge in [-0.3, -0.25) is 14.5 Å². The summed E-state index contributed by atoms with van der Waals surface area (Å²) in [6.45, 7) is 9.00. The lowest BCUT2D eigenvalue weighted by Crippen LogP contribution is -2.49. The molecule has 5 heteroatoms. The number of hydrogen-bond acceptors (Lipinski definition) is 3. The number of rotatable bonds is 7. The predicted molar refractivity (Wildman–Crippen MR) is 122 cm³/mol. The number of carbonyl (C=O) groups is 2. The summed E-state index contributed by atoms with van der Waals surface area (Å²) < 4.78 is 0. The second kappa shape index (κ2) is 10.4. The molecule has 2 aromatic carbocycles. The van der Waals surface area contributed by atoms with E-state index in [0.29, 0.717) is 12.6 Å². The lowest BCUT2D eigenvalue weighted by atomic mass is 10.0. The Balaban J connectivity index is 1.55. The maximum Gasteiger partial charge on any atom is 0.253 e. The first-order chi connectivity index (χ1) is 14.5. The van der Waals surface area contributed by atoms with Gasteiger partial charge >= 0.3 is 0 Å². The quantitative estimate of drug-likeness (QED) is 0.746. The Hall–Kier alpha value is -2.66. The Kier molecular flexibility index (Phi) is 7.63. The van der Waals surface area contributed by atoms with Crippen molar-refractivity contribution in [2.45, 2.75) is 46.1 Å². The number of nitrogens with zero attached hydrogens (tertiary/aromatic N) is 2. The molecule has 2 aromatic rings. The van der Waals surface area contributed by atoms with E-state index < -0.39 is 0 Å². The van der Waals surface area contributed by atoms with E-state index in [1.165, 1.54) is 11.1 Å². The number of hydrogen-bond donors (Lipinski definition) is 1. The van der Waals surface area contributed by atoms with Crippen molar-refractivity contribution >= 4 is 17.5 Å². The third kappa shape index (κ3) is 5.70. The lowest BCUT2D eigenvalue weighted by molar-refractivity contribution is -0.118. The van der Waals surface area contributed by atoms with Crippen LogP contribution in [-0.2, 0) is 4.79 Å². The molecular formula is C25H33N3O2. The fourth-order valence-electron chi connectivity index (χ4n) is 4.08. The van der Waals surface area contributed by atoms with Gasteiger partial charge in [0.15, 0.2) is 0 Å². The molecule has 3 rings (SSSR count). The summed E-state index contributed by atoms with van der Waals surface area (Å²) in [7, 11) is 0.